The summed E-state index contributed by atoms with van der Waals surface area (Å²) in [5.74, 6) is 0. The van der Waals surface area contributed by atoms with E-state index in [-0.39, 0.29) is 12.7 Å². The highest BCUT2D eigenvalue weighted by Crippen LogP contribution is 2.22. The van der Waals surface area contributed by atoms with Gasteiger partial charge in [0, 0.05) is 24.8 Å². The Morgan fingerprint density at radius 3 is 2.75 bits per heavy atom. The van der Waals surface area contributed by atoms with Crippen molar-refractivity contribution in [2.45, 2.75) is 39.0 Å². The molecule has 0 aliphatic carbocycles. The standard InChI is InChI=1S/C16H26N2O2/c1-3-8-17-9-14-4-6-15(7-5-14)18-10-16(11-19)20-12-13(18)2/h4-7,13,16-17,19H,3,8-12H2,1-2H3. The lowest BCUT2D eigenvalue weighted by molar-refractivity contribution is -0.0103. The fourth-order valence-corrected chi connectivity index (χ4v) is 2.50. The summed E-state index contributed by atoms with van der Waals surface area (Å²) in [5.41, 5.74) is 2.51. The van der Waals surface area contributed by atoms with E-state index in [4.69, 9.17) is 4.74 Å². The first-order valence-electron chi connectivity index (χ1n) is 7.53. The second-order valence-corrected chi connectivity index (χ2v) is 5.48. The zero-order chi connectivity index (χ0) is 14.4. The van der Waals surface area contributed by atoms with Crippen molar-refractivity contribution in [2.24, 2.45) is 0 Å². The molecule has 0 aromatic heterocycles. The Kier molecular flexibility index (Phi) is 5.83. The number of rotatable bonds is 6. The van der Waals surface area contributed by atoms with E-state index >= 15 is 0 Å². The number of benzene rings is 1. The Hall–Kier alpha value is -1.10. The maximum absolute atomic E-state index is 9.25. The maximum atomic E-state index is 9.25. The zero-order valence-corrected chi connectivity index (χ0v) is 12.5. The molecule has 1 aromatic carbocycles. The summed E-state index contributed by atoms with van der Waals surface area (Å²) in [5, 5.41) is 12.7. The number of anilines is 1. The first-order valence-corrected chi connectivity index (χ1v) is 7.53. The molecular weight excluding hydrogens is 252 g/mol. The molecule has 1 aliphatic rings. The van der Waals surface area contributed by atoms with Gasteiger partial charge in [-0.2, -0.15) is 0 Å². The van der Waals surface area contributed by atoms with Crippen LogP contribution in [-0.2, 0) is 11.3 Å². The van der Waals surface area contributed by atoms with Crippen molar-refractivity contribution >= 4 is 5.69 Å². The fourth-order valence-electron chi connectivity index (χ4n) is 2.50. The second-order valence-electron chi connectivity index (χ2n) is 5.48. The van der Waals surface area contributed by atoms with Crippen LogP contribution in [0.1, 0.15) is 25.8 Å². The van der Waals surface area contributed by atoms with Gasteiger partial charge in [0.1, 0.15) is 0 Å². The maximum Gasteiger partial charge on any atom is 0.0981 e. The minimum Gasteiger partial charge on any atom is -0.394 e. The molecule has 1 aromatic rings. The molecule has 0 amide bonds. The van der Waals surface area contributed by atoms with Gasteiger partial charge in [-0.3, -0.25) is 0 Å². The lowest BCUT2D eigenvalue weighted by Crippen LogP contribution is -2.49. The largest absolute Gasteiger partial charge is 0.394 e. The van der Waals surface area contributed by atoms with Gasteiger partial charge in [0.05, 0.1) is 19.3 Å². The third-order valence-corrected chi connectivity index (χ3v) is 3.73. The molecule has 20 heavy (non-hydrogen) atoms. The Bertz CT molecular complexity index is 394. The van der Waals surface area contributed by atoms with Crippen molar-refractivity contribution in [3.05, 3.63) is 29.8 Å². The Morgan fingerprint density at radius 1 is 1.35 bits per heavy atom. The number of aliphatic hydroxyl groups excluding tert-OH is 1. The molecule has 2 N–H and O–H groups in total. The van der Waals surface area contributed by atoms with Gasteiger partial charge in [0.15, 0.2) is 0 Å². The van der Waals surface area contributed by atoms with Gasteiger partial charge in [0.25, 0.3) is 0 Å². The summed E-state index contributed by atoms with van der Waals surface area (Å²) in [7, 11) is 0. The Labute approximate surface area is 121 Å². The van der Waals surface area contributed by atoms with E-state index in [1.807, 2.05) is 0 Å². The van der Waals surface area contributed by atoms with E-state index in [1.54, 1.807) is 0 Å². The Morgan fingerprint density at radius 2 is 2.10 bits per heavy atom. The van der Waals surface area contributed by atoms with Crippen LogP contribution in [0.4, 0.5) is 5.69 Å². The summed E-state index contributed by atoms with van der Waals surface area (Å²) in [6, 6.07) is 9.03. The summed E-state index contributed by atoms with van der Waals surface area (Å²) < 4.78 is 5.58. The van der Waals surface area contributed by atoms with Crippen molar-refractivity contribution in [1.82, 2.24) is 5.32 Å². The van der Waals surface area contributed by atoms with Crippen molar-refractivity contribution in [1.29, 1.82) is 0 Å². The molecule has 0 spiro atoms. The molecule has 2 rings (SSSR count). The highest BCUT2D eigenvalue weighted by Gasteiger charge is 2.25. The minimum absolute atomic E-state index is 0.0721. The third kappa shape index (κ3) is 3.95. The second kappa shape index (κ2) is 7.62. The topological polar surface area (TPSA) is 44.7 Å². The van der Waals surface area contributed by atoms with Gasteiger partial charge < -0.3 is 20.1 Å². The lowest BCUT2D eigenvalue weighted by Gasteiger charge is -2.39. The third-order valence-electron chi connectivity index (χ3n) is 3.73. The van der Waals surface area contributed by atoms with E-state index in [2.05, 4.69) is 48.3 Å². The van der Waals surface area contributed by atoms with Crippen LogP contribution in [0.3, 0.4) is 0 Å². The predicted molar refractivity (Wildman–Crippen MR) is 82.1 cm³/mol. The lowest BCUT2D eigenvalue weighted by atomic mass is 10.1. The summed E-state index contributed by atoms with van der Waals surface area (Å²) in [4.78, 5) is 2.31. The van der Waals surface area contributed by atoms with E-state index in [9.17, 15) is 5.11 Å². The van der Waals surface area contributed by atoms with Gasteiger partial charge in [-0.1, -0.05) is 19.1 Å². The number of hydrogen-bond acceptors (Lipinski definition) is 4. The predicted octanol–water partition coefficient (Wildman–Crippen LogP) is 1.77. The highest BCUT2D eigenvalue weighted by atomic mass is 16.5. The first kappa shape index (κ1) is 15.3. The van der Waals surface area contributed by atoms with Gasteiger partial charge in [-0.25, -0.2) is 0 Å². The molecule has 112 valence electrons. The number of nitrogens with zero attached hydrogens (tertiary/aromatic N) is 1. The molecule has 0 radical (unpaired) electrons. The quantitative estimate of drug-likeness (QED) is 0.779. The van der Waals surface area contributed by atoms with E-state index in [1.165, 1.54) is 11.3 Å². The molecule has 1 saturated heterocycles. The van der Waals surface area contributed by atoms with Crippen molar-refractivity contribution in [3.8, 4) is 0 Å². The number of ether oxygens (including phenoxy) is 1. The van der Waals surface area contributed by atoms with Crippen molar-refractivity contribution < 1.29 is 9.84 Å². The van der Waals surface area contributed by atoms with Gasteiger partial charge in [-0.05, 0) is 37.6 Å². The van der Waals surface area contributed by atoms with E-state index in [0.29, 0.717) is 12.6 Å². The van der Waals surface area contributed by atoms with Crippen LogP contribution in [0.15, 0.2) is 24.3 Å². The molecule has 1 fully saturated rings. The summed E-state index contributed by atoms with van der Waals surface area (Å²) in [6.45, 7) is 7.82. The average Bonchev–Trinajstić information content (AvgIpc) is 2.49. The SMILES string of the molecule is CCCNCc1ccc(N2CC(CO)OCC2C)cc1. The average molecular weight is 278 g/mol. The number of hydrogen-bond donors (Lipinski definition) is 2. The van der Waals surface area contributed by atoms with Crippen LogP contribution < -0.4 is 10.2 Å². The fraction of sp³-hybridized carbons (Fsp3) is 0.625. The van der Waals surface area contributed by atoms with Crippen molar-refractivity contribution in [3.63, 3.8) is 0 Å². The highest BCUT2D eigenvalue weighted by molar-refractivity contribution is 5.49. The van der Waals surface area contributed by atoms with Crippen LogP contribution >= 0.6 is 0 Å². The van der Waals surface area contributed by atoms with E-state index in [0.717, 1.165) is 26.1 Å². The van der Waals surface area contributed by atoms with Crippen LogP contribution in [0.5, 0.6) is 0 Å². The van der Waals surface area contributed by atoms with Crippen molar-refractivity contribution in [2.75, 3.05) is 31.2 Å². The molecule has 0 saturated carbocycles. The molecule has 4 nitrogen and oxygen atoms in total. The summed E-state index contributed by atoms with van der Waals surface area (Å²) >= 11 is 0. The van der Waals surface area contributed by atoms with Crippen LogP contribution in [-0.4, -0.2) is 43.6 Å². The Balaban J connectivity index is 1.97. The molecule has 2 atom stereocenters. The van der Waals surface area contributed by atoms with Crippen LogP contribution in [0.2, 0.25) is 0 Å². The smallest absolute Gasteiger partial charge is 0.0981 e. The monoisotopic (exact) mass is 278 g/mol. The van der Waals surface area contributed by atoms with Gasteiger partial charge >= 0.3 is 0 Å². The molecule has 4 heteroatoms. The molecule has 1 aliphatic heterocycles. The zero-order valence-electron chi connectivity index (χ0n) is 12.5. The van der Waals surface area contributed by atoms with Gasteiger partial charge in [-0.15, -0.1) is 0 Å². The number of aliphatic hydroxyl groups is 1. The van der Waals surface area contributed by atoms with Gasteiger partial charge in [0.2, 0.25) is 0 Å². The molecule has 2 unspecified atom stereocenters. The summed E-state index contributed by atoms with van der Waals surface area (Å²) in [6.07, 6.45) is 1.09. The number of morpholine rings is 1. The molecule has 1 heterocycles. The minimum atomic E-state index is -0.0721. The van der Waals surface area contributed by atoms with Crippen LogP contribution in [0.25, 0.3) is 0 Å². The number of nitrogens with one attached hydrogen (secondary N) is 1. The van der Waals surface area contributed by atoms with Crippen LogP contribution in [0, 0.1) is 0 Å². The molecular formula is C16H26N2O2. The normalized spacial score (nSPS) is 23.1. The molecule has 0 bridgehead atoms. The van der Waals surface area contributed by atoms with E-state index < -0.39 is 0 Å². The first-order chi connectivity index (χ1) is 9.74.